The zero-order valence-electron chi connectivity index (χ0n) is 9.16. The van der Waals surface area contributed by atoms with Gasteiger partial charge in [0.2, 0.25) is 0 Å². The molecule has 15 heavy (non-hydrogen) atoms. The lowest BCUT2D eigenvalue weighted by Gasteiger charge is -2.56. The van der Waals surface area contributed by atoms with Gasteiger partial charge in [0.15, 0.2) is 0 Å². The SMILES string of the molecule is Cc1ccc(CN2CC3(CNC3)C2)nc1. The van der Waals surface area contributed by atoms with E-state index in [-0.39, 0.29) is 0 Å². The molecular weight excluding hydrogens is 186 g/mol. The largest absolute Gasteiger partial charge is 0.315 e. The molecule has 3 rings (SSSR count). The maximum absolute atomic E-state index is 4.43. The second-order valence-electron chi connectivity index (χ2n) is 5.08. The Morgan fingerprint density at radius 3 is 2.73 bits per heavy atom. The van der Waals surface area contributed by atoms with Crippen LogP contribution in [0.4, 0.5) is 0 Å². The first-order valence-electron chi connectivity index (χ1n) is 5.60. The van der Waals surface area contributed by atoms with Gasteiger partial charge in [0.1, 0.15) is 0 Å². The molecule has 3 heteroatoms. The summed E-state index contributed by atoms with van der Waals surface area (Å²) in [5, 5.41) is 3.35. The molecule has 2 fully saturated rings. The van der Waals surface area contributed by atoms with Crippen LogP contribution in [0, 0.1) is 12.3 Å². The number of nitrogens with zero attached hydrogens (tertiary/aromatic N) is 2. The number of hydrogen-bond acceptors (Lipinski definition) is 3. The molecule has 0 atom stereocenters. The molecule has 0 aromatic carbocycles. The number of nitrogens with one attached hydrogen (secondary N) is 1. The molecular formula is C12H17N3. The molecule has 2 aliphatic heterocycles. The van der Waals surface area contributed by atoms with Crippen molar-refractivity contribution in [3.8, 4) is 0 Å². The highest BCUT2D eigenvalue weighted by Gasteiger charge is 2.47. The third kappa shape index (κ3) is 1.66. The van der Waals surface area contributed by atoms with Crippen molar-refractivity contribution in [2.24, 2.45) is 5.41 Å². The van der Waals surface area contributed by atoms with Gasteiger partial charge in [-0.2, -0.15) is 0 Å². The van der Waals surface area contributed by atoms with Crippen LogP contribution in [0.2, 0.25) is 0 Å². The van der Waals surface area contributed by atoms with Gasteiger partial charge in [-0.3, -0.25) is 9.88 Å². The van der Waals surface area contributed by atoms with Gasteiger partial charge in [0.05, 0.1) is 5.69 Å². The quantitative estimate of drug-likeness (QED) is 0.770. The molecule has 2 aliphatic rings. The summed E-state index contributed by atoms with van der Waals surface area (Å²) in [7, 11) is 0. The van der Waals surface area contributed by atoms with Crippen LogP contribution in [-0.2, 0) is 6.54 Å². The zero-order chi connectivity index (χ0) is 10.3. The van der Waals surface area contributed by atoms with Gasteiger partial charge in [-0.25, -0.2) is 0 Å². The van der Waals surface area contributed by atoms with Gasteiger partial charge < -0.3 is 5.32 Å². The number of likely N-dealkylation sites (tertiary alicyclic amines) is 1. The summed E-state index contributed by atoms with van der Waals surface area (Å²) in [6.07, 6.45) is 1.95. The van der Waals surface area contributed by atoms with Gasteiger partial charge in [0.25, 0.3) is 0 Å². The molecule has 1 aromatic rings. The maximum atomic E-state index is 4.43. The van der Waals surface area contributed by atoms with E-state index in [1.165, 1.54) is 37.4 Å². The average molecular weight is 203 g/mol. The molecule has 0 saturated carbocycles. The van der Waals surface area contributed by atoms with Crippen LogP contribution in [0.3, 0.4) is 0 Å². The van der Waals surface area contributed by atoms with Gasteiger partial charge in [-0.15, -0.1) is 0 Å². The predicted molar refractivity (Wildman–Crippen MR) is 59.6 cm³/mol. The van der Waals surface area contributed by atoms with Crippen LogP contribution >= 0.6 is 0 Å². The van der Waals surface area contributed by atoms with E-state index in [4.69, 9.17) is 0 Å². The fourth-order valence-electron chi connectivity index (χ4n) is 2.54. The van der Waals surface area contributed by atoms with Crippen molar-refractivity contribution in [1.82, 2.24) is 15.2 Å². The molecule has 3 nitrogen and oxygen atoms in total. The van der Waals surface area contributed by atoms with Crippen LogP contribution in [0.5, 0.6) is 0 Å². The van der Waals surface area contributed by atoms with E-state index >= 15 is 0 Å². The molecule has 2 saturated heterocycles. The first kappa shape index (κ1) is 9.31. The summed E-state index contributed by atoms with van der Waals surface area (Å²) in [6.45, 7) is 8.01. The van der Waals surface area contributed by atoms with Crippen LogP contribution in [-0.4, -0.2) is 36.1 Å². The van der Waals surface area contributed by atoms with E-state index in [0.29, 0.717) is 5.41 Å². The Bertz CT molecular complexity index is 346. The minimum atomic E-state index is 0.630. The Labute approximate surface area is 90.5 Å². The monoisotopic (exact) mass is 203 g/mol. The van der Waals surface area contributed by atoms with Crippen molar-refractivity contribution in [3.05, 3.63) is 29.6 Å². The molecule has 0 bridgehead atoms. The Hall–Kier alpha value is -0.930. The van der Waals surface area contributed by atoms with Crippen LogP contribution in [0.15, 0.2) is 18.3 Å². The highest BCUT2D eigenvalue weighted by Crippen LogP contribution is 2.34. The van der Waals surface area contributed by atoms with Crippen molar-refractivity contribution in [1.29, 1.82) is 0 Å². The molecule has 80 valence electrons. The van der Waals surface area contributed by atoms with Crippen LogP contribution in [0.25, 0.3) is 0 Å². The van der Waals surface area contributed by atoms with E-state index < -0.39 is 0 Å². The highest BCUT2D eigenvalue weighted by atomic mass is 15.3. The standard InChI is InChI=1S/C12H17N3/c1-10-2-3-11(14-4-10)5-15-8-12(9-15)6-13-7-12/h2-4,13H,5-9H2,1H3. The van der Waals surface area contributed by atoms with Gasteiger partial charge in [0, 0.05) is 44.3 Å². The molecule has 3 heterocycles. The number of pyridine rings is 1. The zero-order valence-corrected chi connectivity index (χ0v) is 9.16. The molecule has 0 unspecified atom stereocenters. The number of aryl methyl sites for hydroxylation is 1. The van der Waals surface area contributed by atoms with Crippen molar-refractivity contribution >= 4 is 0 Å². The van der Waals surface area contributed by atoms with Crippen molar-refractivity contribution < 1.29 is 0 Å². The summed E-state index contributed by atoms with van der Waals surface area (Å²) in [5.74, 6) is 0. The van der Waals surface area contributed by atoms with E-state index in [9.17, 15) is 0 Å². The van der Waals surface area contributed by atoms with Crippen molar-refractivity contribution in [2.45, 2.75) is 13.5 Å². The van der Waals surface area contributed by atoms with Gasteiger partial charge >= 0.3 is 0 Å². The molecule has 1 aromatic heterocycles. The summed E-state index contributed by atoms with van der Waals surface area (Å²) in [4.78, 5) is 6.92. The predicted octanol–water partition coefficient (Wildman–Crippen LogP) is 0.795. The summed E-state index contributed by atoms with van der Waals surface area (Å²) < 4.78 is 0. The minimum absolute atomic E-state index is 0.630. The van der Waals surface area contributed by atoms with E-state index in [1.54, 1.807) is 0 Å². The van der Waals surface area contributed by atoms with E-state index in [0.717, 1.165) is 6.54 Å². The van der Waals surface area contributed by atoms with Crippen molar-refractivity contribution in [2.75, 3.05) is 26.2 Å². The maximum Gasteiger partial charge on any atom is 0.0544 e. The first-order valence-corrected chi connectivity index (χ1v) is 5.60. The highest BCUT2D eigenvalue weighted by molar-refractivity contribution is 5.13. The number of hydrogen-bond donors (Lipinski definition) is 1. The minimum Gasteiger partial charge on any atom is -0.315 e. The Balaban J connectivity index is 1.56. The number of aromatic nitrogens is 1. The molecule has 0 aliphatic carbocycles. The molecule has 1 N–H and O–H groups in total. The fraction of sp³-hybridized carbons (Fsp3) is 0.583. The second-order valence-corrected chi connectivity index (χ2v) is 5.08. The average Bonchev–Trinajstić information content (AvgIpc) is 2.10. The molecule has 0 radical (unpaired) electrons. The van der Waals surface area contributed by atoms with E-state index in [2.05, 4.69) is 34.3 Å². The van der Waals surface area contributed by atoms with Gasteiger partial charge in [-0.05, 0) is 18.6 Å². The third-order valence-corrected chi connectivity index (χ3v) is 3.48. The lowest BCUT2D eigenvalue weighted by atomic mass is 9.74. The van der Waals surface area contributed by atoms with Crippen LogP contribution < -0.4 is 5.32 Å². The Morgan fingerprint density at radius 2 is 2.20 bits per heavy atom. The third-order valence-electron chi connectivity index (χ3n) is 3.48. The molecule has 1 spiro atoms. The van der Waals surface area contributed by atoms with Crippen LogP contribution in [0.1, 0.15) is 11.3 Å². The van der Waals surface area contributed by atoms with Crippen molar-refractivity contribution in [3.63, 3.8) is 0 Å². The van der Waals surface area contributed by atoms with E-state index in [1.807, 2.05) is 6.20 Å². The summed E-state index contributed by atoms with van der Waals surface area (Å²) in [6, 6.07) is 4.28. The molecule has 0 amide bonds. The Morgan fingerprint density at radius 1 is 1.40 bits per heavy atom. The summed E-state index contributed by atoms with van der Waals surface area (Å²) >= 11 is 0. The smallest absolute Gasteiger partial charge is 0.0544 e. The topological polar surface area (TPSA) is 28.2 Å². The van der Waals surface area contributed by atoms with Gasteiger partial charge in [-0.1, -0.05) is 6.07 Å². The normalized spacial score (nSPS) is 23.5. The number of rotatable bonds is 2. The lowest BCUT2D eigenvalue weighted by Crippen LogP contribution is -2.70. The lowest BCUT2D eigenvalue weighted by molar-refractivity contribution is -0.0450. The fourth-order valence-corrected chi connectivity index (χ4v) is 2.54. The second kappa shape index (κ2) is 3.29. The first-order chi connectivity index (χ1) is 7.26. The summed E-state index contributed by atoms with van der Waals surface area (Å²) in [5.41, 5.74) is 3.06. The Kier molecular flexibility index (Phi) is 2.04.